The molecule has 0 saturated heterocycles. The number of oxime groups is 1. The molecule has 0 radical (unpaired) electrons. The van der Waals surface area contributed by atoms with E-state index in [-0.39, 0.29) is 16.5 Å². The van der Waals surface area contributed by atoms with Gasteiger partial charge in [0.15, 0.2) is 0 Å². The Morgan fingerprint density at radius 1 is 1.22 bits per heavy atom. The molecule has 6 nitrogen and oxygen atoms in total. The largest absolute Gasteiger partial charge is 0.447 e. The van der Waals surface area contributed by atoms with Crippen LogP contribution in [0.3, 0.4) is 0 Å². The summed E-state index contributed by atoms with van der Waals surface area (Å²) < 4.78 is 2.39. The fourth-order valence-corrected chi connectivity index (χ4v) is 2.53. The summed E-state index contributed by atoms with van der Waals surface area (Å²) >= 11 is 14.0. The lowest BCUT2D eigenvalue weighted by Crippen LogP contribution is -2.29. The Hall–Kier alpha value is -1.09. The molecule has 2 amide bonds. The molecule has 0 spiro atoms. The van der Waals surface area contributed by atoms with E-state index < -0.39 is 6.09 Å². The molecule has 0 aliphatic rings. The molecule has 126 valence electrons. The number of amides is 2. The number of rotatable bonds is 4. The first-order chi connectivity index (χ1) is 10.8. The number of hydrogen-bond acceptors (Lipinski definition) is 6. The second-order valence-electron chi connectivity index (χ2n) is 4.18. The van der Waals surface area contributed by atoms with Crippen LogP contribution in [0.5, 0.6) is 0 Å². The van der Waals surface area contributed by atoms with E-state index in [1.807, 2.05) is 6.26 Å². The summed E-state index contributed by atoms with van der Waals surface area (Å²) in [4.78, 5) is 28.8. The van der Waals surface area contributed by atoms with Gasteiger partial charge < -0.3 is 0 Å². The Balaban J connectivity index is 2.69. The maximum atomic E-state index is 12.3. The summed E-state index contributed by atoms with van der Waals surface area (Å²) in [5, 5.41) is 4.91. The van der Waals surface area contributed by atoms with Crippen molar-refractivity contribution in [1.82, 2.24) is 8.61 Å². The molecular formula is C13H15Cl2N3O3S2. The fraction of sp³-hybridized carbons (Fsp3) is 0.308. The molecule has 0 unspecified atom stereocenters. The first kappa shape index (κ1) is 20.0. The monoisotopic (exact) mass is 395 g/mol. The molecule has 10 heteroatoms. The van der Waals surface area contributed by atoms with Gasteiger partial charge in [-0.3, -0.25) is 13.9 Å². The lowest BCUT2D eigenvalue weighted by molar-refractivity contribution is 0.0888. The van der Waals surface area contributed by atoms with Crippen molar-refractivity contribution in [2.75, 3.05) is 20.4 Å². The molecule has 23 heavy (non-hydrogen) atoms. The van der Waals surface area contributed by atoms with Crippen molar-refractivity contribution >= 4 is 64.1 Å². The maximum absolute atomic E-state index is 12.3. The molecule has 0 fully saturated rings. The topological polar surface area (TPSA) is 62.2 Å². The van der Waals surface area contributed by atoms with Crippen LogP contribution in [-0.2, 0) is 4.84 Å². The zero-order chi connectivity index (χ0) is 17.6. The zero-order valence-corrected chi connectivity index (χ0v) is 16.0. The summed E-state index contributed by atoms with van der Waals surface area (Å²) in [7, 11) is 2.97. The highest BCUT2D eigenvalue weighted by Crippen LogP contribution is 2.24. The van der Waals surface area contributed by atoms with Gasteiger partial charge in [0.25, 0.3) is 5.91 Å². The Bertz CT molecular complexity index is 628. The van der Waals surface area contributed by atoms with Gasteiger partial charge in [0.2, 0.25) is 0 Å². The molecule has 0 atom stereocenters. The van der Waals surface area contributed by atoms with Gasteiger partial charge in [-0.05, 0) is 31.4 Å². The van der Waals surface area contributed by atoms with Crippen LogP contribution in [-0.4, -0.2) is 46.0 Å². The maximum Gasteiger partial charge on any atom is 0.447 e. The van der Waals surface area contributed by atoms with E-state index in [1.54, 1.807) is 13.0 Å². The van der Waals surface area contributed by atoms with E-state index >= 15 is 0 Å². The average molecular weight is 396 g/mol. The third-order valence-electron chi connectivity index (χ3n) is 2.50. The number of halogens is 2. The van der Waals surface area contributed by atoms with Gasteiger partial charge in [0.1, 0.15) is 5.04 Å². The number of nitrogens with zero attached hydrogens (tertiary/aromatic N) is 3. The van der Waals surface area contributed by atoms with E-state index in [4.69, 9.17) is 28.0 Å². The SMILES string of the molecule is CS/C(C)=N/OC(=O)N(C)SN(C)C(=O)c1ccc(Cl)cc1Cl. The molecule has 0 aliphatic heterocycles. The highest BCUT2D eigenvalue weighted by atomic mass is 35.5. The lowest BCUT2D eigenvalue weighted by atomic mass is 10.2. The summed E-state index contributed by atoms with van der Waals surface area (Å²) in [5.41, 5.74) is 0.282. The minimum absolute atomic E-state index is 0.236. The Labute approximate surface area is 153 Å². The van der Waals surface area contributed by atoms with Gasteiger partial charge in [-0.15, -0.1) is 11.8 Å². The number of thioether (sulfide) groups is 1. The third-order valence-corrected chi connectivity index (χ3v) is 4.52. The van der Waals surface area contributed by atoms with Gasteiger partial charge >= 0.3 is 6.09 Å². The van der Waals surface area contributed by atoms with Crippen molar-refractivity contribution in [2.24, 2.45) is 5.16 Å². The Morgan fingerprint density at radius 3 is 2.43 bits per heavy atom. The quantitative estimate of drug-likeness (QED) is 0.248. The number of carbonyl (C=O) groups excluding carboxylic acids is 2. The van der Waals surface area contributed by atoms with Crippen molar-refractivity contribution < 1.29 is 14.4 Å². The second kappa shape index (κ2) is 9.27. The molecule has 0 aliphatic carbocycles. The summed E-state index contributed by atoms with van der Waals surface area (Å²) in [6, 6.07) is 4.57. The van der Waals surface area contributed by atoms with Crippen LogP contribution < -0.4 is 0 Å². The van der Waals surface area contributed by atoms with E-state index in [9.17, 15) is 9.59 Å². The third kappa shape index (κ3) is 6.14. The highest BCUT2D eigenvalue weighted by Gasteiger charge is 2.21. The van der Waals surface area contributed by atoms with Gasteiger partial charge in [-0.1, -0.05) is 28.4 Å². The van der Waals surface area contributed by atoms with E-state index in [1.165, 1.54) is 42.3 Å². The molecular weight excluding hydrogens is 381 g/mol. The molecule has 1 aromatic rings. The van der Waals surface area contributed by atoms with Crippen LogP contribution in [0.2, 0.25) is 10.0 Å². The van der Waals surface area contributed by atoms with E-state index in [0.717, 1.165) is 16.4 Å². The van der Waals surface area contributed by atoms with Gasteiger partial charge in [0.05, 0.1) is 22.7 Å². The van der Waals surface area contributed by atoms with Gasteiger partial charge in [-0.25, -0.2) is 9.10 Å². The smallest absolute Gasteiger partial charge is 0.296 e. The minimum atomic E-state index is -0.703. The summed E-state index contributed by atoms with van der Waals surface area (Å²) in [6.07, 6.45) is 1.11. The van der Waals surface area contributed by atoms with Crippen molar-refractivity contribution in [3.05, 3.63) is 33.8 Å². The molecule has 0 N–H and O–H groups in total. The van der Waals surface area contributed by atoms with E-state index in [0.29, 0.717) is 10.1 Å². The standard InChI is InChI=1S/C13H15Cl2N3O3S2/c1-8(22-4)16-21-13(20)18(3)23-17(2)12(19)10-6-5-9(14)7-11(10)15/h5-7H,1-4H3/b16-8+. The molecule has 0 bridgehead atoms. The van der Waals surface area contributed by atoms with Crippen molar-refractivity contribution in [2.45, 2.75) is 6.92 Å². The lowest BCUT2D eigenvalue weighted by Gasteiger charge is -2.21. The molecule has 0 aromatic heterocycles. The van der Waals surface area contributed by atoms with Crippen LogP contribution >= 0.6 is 47.1 Å². The molecule has 0 heterocycles. The van der Waals surface area contributed by atoms with Gasteiger partial charge in [-0.2, -0.15) is 0 Å². The predicted octanol–water partition coefficient (Wildman–Crippen LogP) is 4.39. The van der Waals surface area contributed by atoms with Crippen molar-refractivity contribution in [3.63, 3.8) is 0 Å². The zero-order valence-electron chi connectivity index (χ0n) is 12.9. The van der Waals surface area contributed by atoms with Crippen LogP contribution in [0.1, 0.15) is 17.3 Å². The number of carbonyl (C=O) groups is 2. The first-order valence-corrected chi connectivity index (χ1v) is 8.91. The minimum Gasteiger partial charge on any atom is -0.296 e. The second-order valence-corrected chi connectivity index (χ2v) is 7.28. The van der Waals surface area contributed by atoms with Crippen molar-refractivity contribution in [3.8, 4) is 0 Å². The molecule has 1 aromatic carbocycles. The van der Waals surface area contributed by atoms with Crippen LogP contribution in [0.25, 0.3) is 0 Å². The number of benzene rings is 1. The predicted molar refractivity (Wildman–Crippen MR) is 97.0 cm³/mol. The Morgan fingerprint density at radius 2 is 1.87 bits per heavy atom. The fourth-order valence-electron chi connectivity index (χ4n) is 1.28. The molecule has 1 rings (SSSR count). The number of hydrogen-bond donors (Lipinski definition) is 0. The summed E-state index contributed by atoms with van der Waals surface area (Å²) in [5.74, 6) is -0.375. The average Bonchev–Trinajstić information content (AvgIpc) is 2.51. The van der Waals surface area contributed by atoms with Crippen molar-refractivity contribution in [1.29, 1.82) is 0 Å². The van der Waals surface area contributed by atoms with Gasteiger partial charge in [0, 0.05) is 19.1 Å². The first-order valence-electron chi connectivity index (χ1n) is 6.20. The molecule has 0 saturated carbocycles. The van der Waals surface area contributed by atoms with Crippen LogP contribution in [0.4, 0.5) is 4.79 Å². The van der Waals surface area contributed by atoms with Crippen LogP contribution in [0.15, 0.2) is 23.4 Å². The normalized spacial score (nSPS) is 11.1. The Kier molecular flexibility index (Phi) is 8.04. The summed E-state index contributed by atoms with van der Waals surface area (Å²) in [6.45, 7) is 1.71. The van der Waals surface area contributed by atoms with E-state index in [2.05, 4.69) is 5.16 Å². The van der Waals surface area contributed by atoms with Crippen LogP contribution in [0, 0.1) is 0 Å². The highest BCUT2D eigenvalue weighted by molar-refractivity contribution is 8.13.